The van der Waals surface area contributed by atoms with Crippen LogP contribution in [0.2, 0.25) is 6.32 Å². The van der Waals surface area contributed by atoms with Crippen LogP contribution in [0.4, 0.5) is 0 Å². The number of unbranched alkanes of at least 4 members (excludes halogenated alkanes) is 6. The van der Waals surface area contributed by atoms with Crippen molar-refractivity contribution in [2.45, 2.75) is 70.5 Å². The van der Waals surface area contributed by atoms with Crippen LogP contribution in [-0.4, -0.2) is 31.5 Å². The maximum Gasteiger partial charge on any atom is 0.306 e. The molecule has 21 heavy (non-hydrogen) atoms. The lowest BCUT2D eigenvalue weighted by Crippen LogP contribution is -2.06. The first-order valence-corrected chi connectivity index (χ1v) is 7.80. The molecule has 0 saturated heterocycles. The van der Waals surface area contributed by atoms with Crippen LogP contribution >= 0.6 is 0 Å². The van der Waals surface area contributed by atoms with Gasteiger partial charge in [0.25, 0.3) is 0 Å². The Morgan fingerprint density at radius 3 is 2.05 bits per heavy atom. The van der Waals surface area contributed by atoms with E-state index < -0.39 is 5.97 Å². The predicted molar refractivity (Wildman–Crippen MR) is 84.5 cm³/mol. The summed E-state index contributed by atoms with van der Waals surface area (Å²) in [6.07, 6.45) is 8.62. The predicted octanol–water partition coefficient (Wildman–Crippen LogP) is 3.66. The highest BCUT2D eigenvalue weighted by atomic mass is 16.5. The fraction of sp³-hybridized carbons (Fsp3) is 0.750. The molecule has 0 aliphatic heterocycles. The molecular weight excluding hydrogens is 267 g/mol. The first kappa shape index (κ1) is 19.7. The van der Waals surface area contributed by atoms with Crippen LogP contribution < -0.4 is 0 Å². The van der Waals surface area contributed by atoms with Crippen molar-refractivity contribution in [3.8, 4) is 0 Å². The zero-order chi connectivity index (χ0) is 15.9. The Morgan fingerprint density at radius 1 is 0.905 bits per heavy atom. The van der Waals surface area contributed by atoms with Crippen molar-refractivity contribution in [1.82, 2.24) is 0 Å². The van der Waals surface area contributed by atoms with E-state index in [4.69, 9.17) is 17.7 Å². The minimum Gasteiger partial charge on any atom is -0.481 e. The number of carbonyl (C=O) groups excluding carboxylic acids is 1. The van der Waals surface area contributed by atoms with Crippen LogP contribution in [0.25, 0.3) is 0 Å². The highest BCUT2D eigenvalue weighted by molar-refractivity contribution is 6.10. The van der Waals surface area contributed by atoms with Crippen molar-refractivity contribution < 1.29 is 19.4 Å². The molecule has 0 amide bonds. The number of allylic oxidation sites excluding steroid dienone is 1. The molecule has 0 heterocycles. The molecule has 0 aromatic carbocycles. The van der Waals surface area contributed by atoms with E-state index in [2.05, 4.69) is 6.58 Å². The fourth-order valence-electron chi connectivity index (χ4n) is 1.90. The van der Waals surface area contributed by atoms with Crippen molar-refractivity contribution in [3.63, 3.8) is 0 Å². The van der Waals surface area contributed by atoms with E-state index in [9.17, 15) is 9.59 Å². The largest absolute Gasteiger partial charge is 0.481 e. The molecule has 4 nitrogen and oxygen atoms in total. The molecule has 0 atom stereocenters. The van der Waals surface area contributed by atoms with Crippen LogP contribution in [0.5, 0.6) is 0 Å². The third-order valence-corrected chi connectivity index (χ3v) is 3.27. The Balaban J connectivity index is 3.23. The third-order valence-electron chi connectivity index (χ3n) is 3.27. The second-order valence-corrected chi connectivity index (χ2v) is 5.29. The number of aliphatic carboxylic acids is 1. The van der Waals surface area contributed by atoms with Gasteiger partial charge in [0.2, 0.25) is 0 Å². The number of esters is 1. The molecule has 0 aliphatic rings. The summed E-state index contributed by atoms with van der Waals surface area (Å²) >= 11 is 0. The van der Waals surface area contributed by atoms with Gasteiger partial charge in [-0.3, -0.25) is 9.59 Å². The maximum absolute atomic E-state index is 11.4. The number of carboxylic acid groups (broad SMARTS) is 1. The molecule has 0 spiro atoms. The Bertz CT molecular complexity index is 315. The maximum atomic E-state index is 11.4. The Morgan fingerprint density at radius 2 is 1.48 bits per heavy atom. The van der Waals surface area contributed by atoms with Crippen molar-refractivity contribution in [2.24, 2.45) is 0 Å². The molecule has 118 valence electrons. The molecule has 1 N–H and O–H groups in total. The van der Waals surface area contributed by atoms with Gasteiger partial charge in [-0.15, -0.1) is 6.58 Å². The number of rotatable bonds is 14. The van der Waals surface area contributed by atoms with Crippen LogP contribution in [0, 0.1) is 0 Å². The number of carboxylic acids is 1. The van der Waals surface area contributed by atoms with Crippen molar-refractivity contribution in [2.75, 3.05) is 6.61 Å². The van der Waals surface area contributed by atoms with E-state index in [1.807, 2.05) is 0 Å². The average Bonchev–Trinajstić information content (AvgIpc) is 2.46. The lowest BCUT2D eigenvalue weighted by Gasteiger charge is -2.05. The second kappa shape index (κ2) is 13.7. The molecule has 0 saturated carbocycles. The highest BCUT2D eigenvalue weighted by Crippen LogP contribution is 2.09. The number of hydrogen-bond donors (Lipinski definition) is 1. The quantitative estimate of drug-likeness (QED) is 0.230. The summed E-state index contributed by atoms with van der Waals surface area (Å²) in [5, 5.41) is 8.49. The molecule has 0 aliphatic carbocycles. The first-order valence-electron chi connectivity index (χ1n) is 7.80. The van der Waals surface area contributed by atoms with Crippen LogP contribution in [0.3, 0.4) is 0 Å². The standard InChI is InChI=1S/C16H27BO4/c1-14(13-17)10-11-16(20)21-12-8-6-4-2-3-5-7-9-15(18)19/h1-13H2,(H,18,19). The average molecular weight is 294 g/mol. The van der Waals surface area contributed by atoms with E-state index in [0.717, 1.165) is 50.5 Å². The summed E-state index contributed by atoms with van der Waals surface area (Å²) in [6, 6.07) is 0. The summed E-state index contributed by atoms with van der Waals surface area (Å²) in [6.45, 7) is 4.22. The van der Waals surface area contributed by atoms with E-state index in [-0.39, 0.29) is 12.4 Å². The molecular formula is C16H27BO4. The number of ether oxygens (including phenoxy) is 1. The van der Waals surface area contributed by atoms with Gasteiger partial charge in [-0.1, -0.05) is 44.0 Å². The van der Waals surface area contributed by atoms with Gasteiger partial charge in [0.1, 0.15) is 0 Å². The van der Waals surface area contributed by atoms with Gasteiger partial charge in [0.05, 0.1) is 14.5 Å². The Hall–Kier alpha value is -1.26. The highest BCUT2D eigenvalue weighted by Gasteiger charge is 2.03. The lowest BCUT2D eigenvalue weighted by atomic mass is 9.95. The second-order valence-electron chi connectivity index (χ2n) is 5.29. The van der Waals surface area contributed by atoms with E-state index in [1.165, 1.54) is 0 Å². The van der Waals surface area contributed by atoms with E-state index >= 15 is 0 Å². The topological polar surface area (TPSA) is 63.6 Å². The van der Waals surface area contributed by atoms with Crippen LogP contribution in [-0.2, 0) is 14.3 Å². The van der Waals surface area contributed by atoms with Gasteiger partial charge in [-0.05, 0) is 19.3 Å². The monoisotopic (exact) mass is 294 g/mol. The van der Waals surface area contributed by atoms with E-state index in [1.54, 1.807) is 0 Å². The normalized spacial score (nSPS) is 10.3. The molecule has 2 radical (unpaired) electrons. The SMILES string of the molecule is [B]CC(=C)CCC(=O)OCCCCCCCCCC(=O)O. The zero-order valence-corrected chi connectivity index (χ0v) is 12.9. The summed E-state index contributed by atoms with van der Waals surface area (Å²) in [5.74, 6) is -0.898. The van der Waals surface area contributed by atoms with Gasteiger partial charge in [0.15, 0.2) is 0 Å². The van der Waals surface area contributed by atoms with Gasteiger partial charge in [0, 0.05) is 12.8 Å². The third kappa shape index (κ3) is 15.0. The number of carbonyl (C=O) groups is 2. The summed E-state index contributed by atoms with van der Waals surface area (Å²) in [7, 11) is 5.39. The first-order chi connectivity index (χ1) is 10.1. The summed E-state index contributed by atoms with van der Waals surface area (Å²) in [4.78, 5) is 21.7. The van der Waals surface area contributed by atoms with Crippen molar-refractivity contribution >= 4 is 19.8 Å². The van der Waals surface area contributed by atoms with Gasteiger partial charge >= 0.3 is 11.9 Å². The van der Waals surface area contributed by atoms with Gasteiger partial charge in [-0.25, -0.2) is 0 Å². The summed E-state index contributed by atoms with van der Waals surface area (Å²) in [5.41, 5.74) is 0.870. The smallest absolute Gasteiger partial charge is 0.306 e. The molecule has 0 rings (SSSR count). The van der Waals surface area contributed by atoms with Crippen LogP contribution in [0.15, 0.2) is 12.2 Å². The van der Waals surface area contributed by atoms with Gasteiger partial charge < -0.3 is 9.84 Å². The molecule has 0 bridgehead atoms. The molecule has 0 aromatic rings. The molecule has 0 unspecified atom stereocenters. The van der Waals surface area contributed by atoms with Crippen molar-refractivity contribution in [1.29, 1.82) is 0 Å². The zero-order valence-electron chi connectivity index (χ0n) is 12.9. The Kier molecular flexibility index (Phi) is 12.9. The summed E-state index contributed by atoms with van der Waals surface area (Å²) < 4.78 is 5.12. The lowest BCUT2D eigenvalue weighted by molar-refractivity contribution is -0.143. The molecule has 0 fully saturated rings. The van der Waals surface area contributed by atoms with Crippen molar-refractivity contribution in [3.05, 3.63) is 12.2 Å². The molecule has 5 heteroatoms. The fourth-order valence-corrected chi connectivity index (χ4v) is 1.90. The minimum absolute atomic E-state index is 0.182. The molecule has 0 aromatic heterocycles. The van der Waals surface area contributed by atoms with E-state index in [0.29, 0.717) is 25.8 Å². The Labute approximate surface area is 129 Å². The van der Waals surface area contributed by atoms with Gasteiger partial charge in [-0.2, -0.15) is 0 Å². The number of hydrogen-bond acceptors (Lipinski definition) is 3. The van der Waals surface area contributed by atoms with Crippen LogP contribution in [0.1, 0.15) is 64.2 Å². The minimum atomic E-state index is -0.716.